The summed E-state index contributed by atoms with van der Waals surface area (Å²) in [5, 5.41) is 9.63. The number of hydrogen-bond acceptors (Lipinski definition) is 4. The summed E-state index contributed by atoms with van der Waals surface area (Å²) in [4.78, 5) is 17.4. The molecule has 0 radical (unpaired) electrons. The van der Waals surface area contributed by atoms with Crippen LogP contribution in [-0.4, -0.2) is 46.1 Å². The Bertz CT molecular complexity index is 319. The van der Waals surface area contributed by atoms with Crippen LogP contribution in [-0.2, 0) is 11.3 Å². The lowest BCUT2D eigenvalue weighted by atomic mass is 9.99. The fourth-order valence-electron chi connectivity index (χ4n) is 1.52. The summed E-state index contributed by atoms with van der Waals surface area (Å²) in [5.41, 5.74) is 0. The molecule has 1 aliphatic rings. The van der Waals surface area contributed by atoms with Gasteiger partial charge in [0.25, 0.3) is 0 Å². The molecule has 1 fully saturated rings. The molecule has 0 spiro atoms. The van der Waals surface area contributed by atoms with Crippen molar-refractivity contribution in [3.8, 4) is 0 Å². The van der Waals surface area contributed by atoms with Crippen LogP contribution in [0.15, 0.2) is 6.33 Å². The molecule has 15 heavy (non-hydrogen) atoms. The van der Waals surface area contributed by atoms with Crippen LogP contribution in [0.3, 0.4) is 0 Å². The van der Waals surface area contributed by atoms with Gasteiger partial charge in [-0.1, -0.05) is 0 Å². The second-order valence-corrected chi connectivity index (χ2v) is 3.91. The quantitative estimate of drug-likeness (QED) is 0.692. The molecule has 0 aromatic carbocycles. The molecule has 1 aromatic rings. The number of H-pyrrole nitrogens is 1. The number of rotatable bonds is 4. The van der Waals surface area contributed by atoms with E-state index in [9.17, 15) is 4.79 Å². The lowest BCUT2D eigenvalue weighted by Gasteiger charge is -2.28. The largest absolute Gasteiger partial charge is 0.338 e. The molecule has 0 bridgehead atoms. The molecule has 2 rings (SSSR count). The summed E-state index contributed by atoms with van der Waals surface area (Å²) in [7, 11) is 1.79. The van der Waals surface area contributed by atoms with E-state index in [1.54, 1.807) is 11.9 Å². The average Bonchev–Trinajstić information content (AvgIpc) is 2.63. The van der Waals surface area contributed by atoms with Crippen LogP contribution >= 0.6 is 0 Å². The second kappa shape index (κ2) is 4.39. The molecule has 1 aliphatic heterocycles. The maximum absolute atomic E-state index is 11.7. The van der Waals surface area contributed by atoms with Gasteiger partial charge in [-0.2, -0.15) is 5.10 Å². The highest BCUT2D eigenvalue weighted by Crippen LogP contribution is 2.10. The van der Waals surface area contributed by atoms with Gasteiger partial charge in [-0.05, 0) is 19.0 Å². The first kappa shape index (κ1) is 10.1. The predicted octanol–water partition coefficient (Wildman–Crippen LogP) is -0.627. The highest BCUT2D eigenvalue weighted by molar-refractivity contribution is 5.76. The van der Waals surface area contributed by atoms with Crippen LogP contribution < -0.4 is 5.32 Å². The van der Waals surface area contributed by atoms with Crippen molar-refractivity contribution in [2.75, 3.05) is 20.1 Å². The molecule has 2 N–H and O–H groups in total. The Labute approximate surface area is 88.1 Å². The van der Waals surface area contributed by atoms with Crippen LogP contribution in [0, 0.1) is 5.92 Å². The van der Waals surface area contributed by atoms with E-state index in [0.717, 1.165) is 18.9 Å². The van der Waals surface area contributed by atoms with Crippen LogP contribution in [0.1, 0.15) is 12.2 Å². The molecule has 0 aliphatic carbocycles. The number of carbonyl (C=O) groups is 1. The van der Waals surface area contributed by atoms with E-state index in [0.29, 0.717) is 18.9 Å². The molecule has 0 atom stereocenters. The van der Waals surface area contributed by atoms with Crippen molar-refractivity contribution in [2.45, 2.75) is 13.0 Å². The van der Waals surface area contributed by atoms with Gasteiger partial charge in [0.05, 0.1) is 6.54 Å². The fraction of sp³-hybridized carbons (Fsp3) is 0.667. The van der Waals surface area contributed by atoms with E-state index in [2.05, 4.69) is 20.5 Å². The zero-order valence-corrected chi connectivity index (χ0v) is 8.73. The smallest absolute Gasteiger partial charge is 0.223 e. The number of amides is 1. The van der Waals surface area contributed by atoms with Gasteiger partial charge in [-0.15, -0.1) is 0 Å². The SMILES string of the molecule is CN(Cc1ncn[nH]1)C(=O)CC1CNC1. The van der Waals surface area contributed by atoms with Crippen molar-refractivity contribution in [3.05, 3.63) is 12.2 Å². The van der Waals surface area contributed by atoms with Crippen molar-refractivity contribution in [2.24, 2.45) is 5.92 Å². The number of carbonyl (C=O) groups excluding carboxylic acids is 1. The molecule has 6 nitrogen and oxygen atoms in total. The second-order valence-electron chi connectivity index (χ2n) is 3.91. The van der Waals surface area contributed by atoms with Crippen molar-refractivity contribution in [1.82, 2.24) is 25.4 Å². The van der Waals surface area contributed by atoms with E-state index >= 15 is 0 Å². The lowest BCUT2D eigenvalue weighted by Crippen LogP contribution is -2.44. The van der Waals surface area contributed by atoms with Crippen LogP contribution in [0.25, 0.3) is 0 Å². The average molecular weight is 209 g/mol. The maximum Gasteiger partial charge on any atom is 0.223 e. The first-order valence-corrected chi connectivity index (χ1v) is 5.04. The Balaban J connectivity index is 1.79. The van der Waals surface area contributed by atoms with Crippen LogP contribution in [0.5, 0.6) is 0 Å². The highest BCUT2D eigenvalue weighted by Gasteiger charge is 2.22. The molecule has 0 saturated carbocycles. The van der Waals surface area contributed by atoms with Gasteiger partial charge < -0.3 is 10.2 Å². The normalized spacial score (nSPS) is 16.1. The van der Waals surface area contributed by atoms with Gasteiger partial charge in [-0.3, -0.25) is 9.89 Å². The third-order valence-corrected chi connectivity index (χ3v) is 2.61. The molecule has 82 valence electrons. The first-order valence-electron chi connectivity index (χ1n) is 5.04. The molecule has 1 saturated heterocycles. The third kappa shape index (κ3) is 2.53. The summed E-state index contributed by atoms with van der Waals surface area (Å²) in [5.74, 6) is 1.39. The topological polar surface area (TPSA) is 73.9 Å². The maximum atomic E-state index is 11.7. The van der Waals surface area contributed by atoms with Crippen molar-refractivity contribution >= 4 is 5.91 Å². The standard InChI is InChI=1S/C9H15N5O/c1-14(5-8-11-6-12-13-8)9(15)2-7-3-10-4-7/h6-7,10H,2-5H2,1H3,(H,11,12,13). The lowest BCUT2D eigenvalue weighted by molar-refractivity contribution is -0.131. The third-order valence-electron chi connectivity index (χ3n) is 2.61. The van der Waals surface area contributed by atoms with Crippen molar-refractivity contribution < 1.29 is 4.79 Å². The van der Waals surface area contributed by atoms with Crippen molar-refractivity contribution in [1.29, 1.82) is 0 Å². The van der Waals surface area contributed by atoms with E-state index < -0.39 is 0 Å². The fourth-order valence-corrected chi connectivity index (χ4v) is 1.52. The number of hydrogen-bond donors (Lipinski definition) is 2. The molecular formula is C9H15N5O. The Kier molecular flexibility index (Phi) is 2.96. The molecule has 0 unspecified atom stereocenters. The van der Waals surface area contributed by atoms with Gasteiger partial charge in [0.2, 0.25) is 5.91 Å². The van der Waals surface area contributed by atoms with Gasteiger partial charge >= 0.3 is 0 Å². The summed E-state index contributed by atoms with van der Waals surface area (Å²) in [6.45, 7) is 2.42. The predicted molar refractivity (Wildman–Crippen MR) is 53.8 cm³/mol. The van der Waals surface area contributed by atoms with E-state index in [4.69, 9.17) is 0 Å². The summed E-state index contributed by atoms with van der Waals surface area (Å²) < 4.78 is 0. The zero-order valence-electron chi connectivity index (χ0n) is 8.73. The summed E-state index contributed by atoms with van der Waals surface area (Å²) in [6.07, 6.45) is 2.07. The molecule has 2 heterocycles. The van der Waals surface area contributed by atoms with E-state index in [1.165, 1.54) is 6.33 Å². The van der Waals surface area contributed by atoms with Crippen molar-refractivity contribution in [3.63, 3.8) is 0 Å². The summed E-state index contributed by atoms with van der Waals surface area (Å²) in [6, 6.07) is 0. The number of nitrogens with one attached hydrogen (secondary N) is 2. The zero-order chi connectivity index (χ0) is 10.7. The molecular weight excluding hydrogens is 194 g/mol. The van der Waals surface area contributed by atoms with Gasteiger partial charge in [0, 0.05) is 13.5 Å². The first-order chi connectivity index (χ1) is 7.25. The van der Waals surface area contributed by atoms with E-state index in [-0.39, 0.29) is 5.91 Å². The molecule has 1 amide bonds. The Morgan fingerprint density at radius 2 is 2.47 bits per heavy atom. The minimum Gasteiger partial charge on any atom is -0.338 e. The minimum atomic E-state index is 0.165. The van der Waals surface area contributed by atoms with E-state index in [1.807, 2.05) is 0 Å². The van der Waals surface area contributed by atoms with Gasteiger partial charge in [0.1, 0.15) is 12.2 Å². The van der Waals surface area contributed by atoms with Gasteiger partial charge in [-0.25, -0.2) is 4.98 Å². The monoisotopic (exact) mass is 209 g/mol. The Hall–Kier alpha value is -1.43. The summed E-state index contributed by atoms with van der Waals surface area (Å²) >= 11 is 0. The Morgan fingerprint density at radius 3 is 3.00 bits per heavy atom. The number of aromatic nitrogens is 3. The Morgan fingerprint density at radius 1 is 1.67 bits per heavy atom. The molecule has 6 heteroatoms. The highest BCUT2D eigenvalue weighted by atomic mass is 16.2. The van der Waals surface area contributed by atoms with Crippen LogP contribution in [0.2, 0.25) is 0 Å². The number of nitrogens with zero attached hydrogens (tertiary/aromatic N) is 3. The number of aromatic amines is 1. The minimum absolute atomic E-state index is 0.165. The van der Waals surface area contributed by atoms with Gasteiger partial charge in [0.15, 0.2) is 0 Å². The van der Waals surface area contributed by atoms with Crippen LogP contribution in [0.4, 0.5) is 0 Å². The molecule has 1 aromatic heterocycles.